The molecule has 6 nitrogen and oxygen atoms in total. The molecule has 0 bridgehead atoms. The second-order valence-corrected chi connectivity index (χ2v) is 8.18. The van der Waals surface area contributed by atoms with Crippen molar-refractivity contribution in [2.75, 3.05) is 11.4 Å². The molecule has 0 fully saturated rings. The van der Waals surface area contributed by atoms with E-state index in [4.69, 9.17) is 5.73 Å². The number of hydrogen-bond acceptors (Lipinski definition) is 4. The van der Waals surface area contributed by atoms with Crippen molar-refractivity contribution in [1.29, 1.82) is 0 Å². The van der Waals surface area contributed by atoms with Crippen molar-refractivity contribution in [2.45, 2.75) is 32.9 Å². The number of fused-ring (bicyclic) bond motifs is 2. The summed E-state index contributed by atoms with van der Waals surface area (Å²) >= 11 is 0. The lowest BCUT2D eigenvalue weighted by atomic mass is 10.0. The van der Waals surface area contributed by atoms with Crippen molar-refractivity contribution in [2.24, 2.45) is 5.73 Å². The quantitative estimate of drug-likeness (QED) is 0.685. The molecule has 0 saturated carbocycles. The predicted octanol–water partition coefficient (Wildman–Crippen LogP) is 3.37. The fourth-order valence-corrected chi connectivity index (χ4v) is 4.46. The standard InChI is InChI=1S/C24H24FN5O/c1-14-3-5-19(25)18(11-14)13-22(31)29-10-8-16-12-17(4-6-20(16)29)24-23(26)21-7-9-27-30(21)15(2)28-24/h3-7,9,11-12,15,28H,8,10,13,26H2,1-2H3. The minimum absolute atomic E-state index is 0.0112. The van der Waals surface area contributed by atoms with Crippen molar-refractivity contribution in [1.82, 2.24) is 15.1 Å². The molecule has 0 saturated heterocycles. The van der Waals surface area contributed by atoms with Gasteiger partial charge in [-0.3, -0.25) is 4.79 Å². The maximum atomic E-state index is 14.1. The zero-order valence-corrected chi connectivity index (χ0v) is 17.5. The number of halogens is 1. The van der Waals surface area contributed by atoms with E-state index in [-0.39, 0.29) is 24.3 Å². The van der Waals surface area contributed by atoms with Crippen LogP contribution < -0.4 is 16.0 Å². The number of benzene rings is 2. The number of anilines is 1. The van der Waals surface area contributed by atoms with Gasteiger partial charge in [0.1, 0.15) is 12.0 Å². The molecule has 1 aromatic heterocycles. The molecule has 31 heavy (non-hydrogen) atoms. The minimum atomic E-state index is -0.340. The van der Waals surface area contributed by atoms with E-state index < -0.39 is 0 Å². The fraction of sp³-hybridized carbons (Fsp3) is 0.250. The number of nitrogens with two attached hydrogens (primary N) is 1. The first-order chi connectivity index (χ1) is 14.9. The number of rotatable bonds is 3. The molecule has 7 heteroatoms. The smallest absolute Gasteiger partial charge is 0.231 e. The molecule has 1 amide bonds. The van der Waals surface area contributed by atoms with E-state index in [1.165, 1.54) is 6.07 Å². The van der Waals surface area contributed by atoms with Gasteiger partial charge in [0.05, 0.1) is 23.5 Å². The first kappa shape index (κ1) is 19.4. The highest BCUT2D eigenvalue weighted by atomic mass is 19.1. The summed E-state index contributed by atoms with van der Waals surface area (Å²) < 4.78 is 16.0. The summed E-state index contributed by atoms with van der Waals surface area (Å²) in [5, 5.41) is 7.75. The van der Waals surface area contributed by atoms with E-state index in [9.17, 15) is 9.18 Å². The maximum Gasteiger partial charge on any atom is 0.231 e. The lowest BCUT2D eigenvalue weighted by molar-refractivity contribution is -0.117. The Balaban J connectivity index is 1.42. The summed E-state index contributed by atoms with van der Waals surface area (Å²) in [7, 11) is 0. The average molecular weight is 417 g/mol. The Hall–Kier alpha value is -3.61. The summed E-state index contributed by atoms with van der Waals surface area (Å²) in [6.45, 7) is 4.52. The highest BCUT2D eigenvalue weighted by Gasteiger charge is 2.28. The van der Waals surface area contributed by atoms with Crippen LogP contribution in [0.4, 0.5) is 10.1 Å². The Morgan fingerprint density at radius 2 is 2.10 bits per heavy atom. The third-order valence-corrected chi connectivity index (χ3v) is 6.04. The maximum absolute atomic E-state index is 14.1. The van der Waals surface area contributed by atoms with Crippen molar-refractivity contribution in [3.63, 3.8) is 0 Å². The van der Waals surface area contributed by atoms with Gasteiger partial charge in [-0.2, -0.15) is 5.10 Å². The SMILES string of the molecule is Cc1ccc(F)c(CC(=O)N2CCc3cc(C4=C(N)c5ccnn5C(C)N4)ccc32)c1. The predicted molar refractivity (Wildman–Crippen MR) is 118 cm³/mol. The summed E-state index contributed by atoms with van der Waals surface area (Å²) in [5.74, 6) is -0.434. The van der Waals surface area contributed by atoms with E-state index in [0.717, 1.165) is 40.2 Å². The molecule has 2 aromatic carbocycles. The molecule has 0 radical (unpaired) electrons. The van der Waals surface area contributed by atoms with Gasteiger partial charge in [-0.15, -0.1) is 0 Å². The molecule has 3 aromatic rings. The highest BCUT2D eigenvalue weighted by molar-refractivity contribution is 5.97. The Kier molecular flexibility index (Phi) is 4.54. The summed E-state index contributed by atoms with van der Waals surface area (Å²) in [4.78, 5) is 14.7. The van der Waals surface area contributed by atoms with Crippen LogP contribution in [0.15, 0.2) is 48.7 Å². The normalized spacial score (nSPS) is 17.4. The summed E-state index contributed by atoms with van der Waals surface area (Å²) in [6.07, 6.45) is 2.54. The average Bonchev–Trinajstić information content (AvgIpc) is 3.40. The largest absolute Gasteiger partial charge is 0.395 e. The molecule has 2 aliphatic rings. The molecule has 5 rings (SSSR count). The molecule has 3 N–H and O–H groups in total. The fourth-order valence-electron chi connectivity index (χ4n) is 4.46. The van der Waals surface area contributed by atoms with Crippen molar-refractivity contribution >= 4 is 23.0 Å². The number of hydrogen-bond donors (Lipinski definition) is 2. The summed E-state index contributed by atoms with van der Waals surface area (Å²) in [5.41, 5.74) is 13.2. The van der Waals surface area contributed by atoms with Crippen LogP contribution in [0, 0.1) is 12.7 Å². The first-order valence-electron chi connectivity index (χ1n) is 10.4. The second kappa shape index (κ2) is 7.27. The van der Waals surface area contributed by atoms with Crippen LogP contribution in [0.3, 0.4) is 0 Å². The van der Waals surface area contributed by atoms with Gasteiger partial charge in [-0.1, -0.05) is 23.8 Å². The van der Waals surface area contributed by atoms with Gasteiger partial charge in [-0.25, -0.2) is 9.07 Å². The summed E-state index contributed by atoms with van der Waals surface area (Å²) in [6, 6.07) is 12.8. The first-order valence-corrected chi connectivity index (χ1v) is 10.4. The van der Waals surface area contributed by atoms with Gasteiger partial charge in [-0.05, 0) is 55.7 Å². The number of carbonyl (C=O) groups excluding carboxylic acids is 1. The third-order valence-electron chi connectivity index (χ3n) is 6.04. The molecule has 3 heterocycles. The molecule has 1 unspecified atom stereocenters. The van der Waals surface area contributed by atoms with E-state index in [1.54, 1.807) is 23.2 Å². The second-order valence-electron chi connectivity index (χ2n) is 8.18. The van der Waals surface area contributed by atoms with Crippen LogP contribution in [0.1, 0.15) is 41.0 Å². The van der Waals surface area contributed by atoms with E-state index in [0.29, 0.717) is 17.8 Å². The third kappa shape index (κ3) is 3.26. The Morgan fingerprint density at radius 1 is 1.26 bits per heavy atom. The molecule has 2 aliphatic heterocycles. The molecular weight excluding hydrogens is 393 g/mol. The van der Waals surface area contributed by atoms with Gasteiger partial charge in [0.15, 0.2) is 0 Å². The zero-order chi connectivity index (χ0) is 21.7. The van der Waals surface area contributed by atoms with Crippen LogP contribution in [0.5, 0.6) is 0 Å². The Bertz CT molecular complexity index is 1230. The number of carbonyl (C=O) groups is 1. The van der Waals surface area contributed by atoms with E-state index in [1.807, 2.05) is 36.7 Å². The van der Waals surface area contributed by atoms with Crippen LogP contribution in [0.25, 0.3) is 11.4 Å². The van der Waals surface area contributed by atoms with E-state index >= 15 is 0 Å². The number of aromatic nitrogens is 2. The van der Waals surface area contributed by atoms with Crippen molar-refractivity contribution in [3.8, 4) is 0 Å². The molecular formula is C24H24FN5O. The zero-order valence-electron chi connectivity index (χ0n) is 17.5. The van der Waals surface area contributed by atoms with Crippen LogP contribution in [-0.4, -0.2) is 22.2 Å². The minimum Gasteiger partial charge on any atom is -0.395 e. The monoisotopic (exact) mass is 417 g/mol. The number of aryl methyl sites for hydroxylation is 1. The van der Waals surface area contributed by atoms with Gasteiger partial charge in [0.2, 0.25) is 5.91 Å². The molecule has 158 valence electrons. The number of amides is 1. The Labute approximate surface area is 180 Å². The van der Waals surface area contributed by atoms with Crippen molar-refractivity contribution in [3.05, 3.63) is 82.4 Å². The number of nitrogens with zero attached hydrogens (tertiary/aromatic N) is 3. The molecule has 0 aliphatic carbocycles. The molecule has 1 atom stereocenters. The van der Waals surface area contributed by atoms with Crippen molar-refractivity contribution < 1.29 is 9.18 Å². The van der Waals surface area contributed by atoms with Gasteiger partial charge < -0.3 is 16.0 Å². The van der Waals surface area contributed by atoms with Crippen LogP contribution in [-0.2, 0) is 17.6 Å². The topological polar surface area (TPSA) is 76.2 Å². The van der Waals surface area contributed by atoms with Gasteiger partial charge in [0, 0.05) is 24.0 Å². The van der Waals surface area contributed by atoms with Gasteiger partial charge in [0.25, 0.3) is 0 Å². The van der Waals surface area contributed by atoms with E-state index in [2.05, 4.69) is 16.5 Å². The highest BCUT2D eigenvalue weighted by Crippen LogP contribution is 2.34. The Morgan fingerprint density at radius 3 is 2.94 bits per heavy atom. The number of nitrogens with one attached hydrogen (secondary N) is 1. The van der Waals surface area contributed by atoms with Crippen LogP contribution in [0.2, 0.25) is 0 Å². The molecule has 0 spiro atoms. The lowest BCUT2D eigenvalue weighted by Crippen LogP contribution is -2.32. The van der Waals surface area contributed by atoms with Crippen LogP contribution >= 0.6 is 0 Å². The lowest BCUT2D eigenvalue weighted by Gasteiger charge is -2.27. The van der Waals surface area contributed by atoms with Gasteiger partial charge >= 0.3 is 0 Å².